The molecule has 2 heterocycles. The molecule has 2 rings (SSSR count). The predicted molar refractivity (Wildman–Crippen MR) is 77.2 cm³/mol. The summed E-state index contributed by atoms with van der Waals surface area (Å²) in [6, 6.07) is -0.285. The molecule has 19 heavy (non-hydrogen) atoms. The molecule has 0 bridgehead atoms. The standard InChI is InChI=1S/C13H22N4O.ClH/c1-13(2)5-6-17(9-13)12(18)11(14-3)10-7-15-16(4)8-10;/h7-8,11,14H,5-6,9H2,1-4H3;1H. The van der Waals surface area contributed by atoms with Crippen molar-refractivity contribution in [2.75, 3.05) is 20.1 Å². The summed E-state index contributed by atoms with van der Waals surface area (Å²) in [5, 5.41) is 7.22. The smallest absolute Gasteiger partial charge is 0.244 e. The van der Waals surface area contributed by atoms with Gasteiger partial charge in [0.1, 0.15) is 6.04 Å². The van der Waals surface area contributed by atoms with Gasteiger partial charge in [-0.3, -0.25) is 9.48 Å². The summed E-state index contributed by atoms with van der Waals surface area (Å²) >= 11 is 0. The second kappa shape index (κ2) is 5.92. The van der Waals surface area contributed by atoms with Crippen molar-refractivity contribution in [1.29, 1.82) is 0 Å². The molecule has 6 heteroatoms. The molecule has 0 spiro atoms. The van der Waals surface area contributed by atoms with Crippen molar-refractivity contribution in [2.45, 2.75) is 26.3 Å². The van der Waals surface area contributed by atoms with Gasteiger partial charge in [-0.2, -0.15) is 5.10 Å². The van der Waals surface area contributed by atoms with Crippen LogP contribution in [0.3, 0.4) is 0 Å². The molecule has 1 unspecified atom stereocenters. The molecule has 1 N–H and O–H groups in total. The number of hydrogen-bond acceptors (Lipinski definition) is 3. The maximum atomic E-state index is 12.5. The number of halogens is 1. The predicted octanol–water partition coefficient (Wildman–Crippen LogP) is 1.36. The molecule has 1 atom stereocenters. The highest BCUT2D eigenvalue weighted by Crippen LogP contribution is 2.30. The normalized spacial score (nSPS) is 19.1. The van der Waals surface area contributed by atoms with Gasteiger partial charge in [-0.1, -0.05) is 13.8 Å². The minimum absolute atomic E-state index is 0. The lowest BCUT2D eigenvalue weighted by Crippen LogP contribution is -2.39. The van der Waals surface area contributed by atoms with Crippen LogP contribution in [0.5, 0.6) is 0 Å². The Hall–Kier alpha value is -1.07. The number of likely N-dealkylation sites (tertiary alicyclic amines) is 1. The fraction of sp³-hybridized carbons (Fsp3) is 0.692. The van der Waals surface area contributed by atoms with Crippen LogP contribution < -0.4 is 5.32 Å². The maximum Gasteiger partial charge on any atom is 0.244 e. The number of aryl methyl sites for hydroxylation is 1. The first-order valence-corrected chi connectivity index (χ1v) is 6.37. The SMILES string of the molecule is CNC(C(=O)N1CCC(C)(C)C1)c1cnn(C)c1.Cl. The van der Waals surface area contributed by atoms with E-state index in [-0.39, 0.29) is 29.8 Å². The Morgan fingerprint density at radius 1 is 1.53 bits per heavy atom. The van der Waals surface area contributed by atoms with Crippen molar-refractivity contribution >= 4 is 18.3 Å². The lowest BCUT2D eigenvalue weighted by molar-refractivity contribution is -0.132. The summed E-state index contributed by atoms with van der Waals surface area (Å²) in [6.45, 7) is 6.10. The monoisotopic (exact) mass is 286 g/mol. The van der Waals surface area contributed by atoms with E-state index >= 15 is 0 Å². The molecular formula is C13H23ClN4O. The fourth-order valence-corrected chi connectivity index (χ4v) is 2.51. The van der Waals surface area contributed by atoms with E-state index in [9.17, 15) is 4.79 Å². The van der Waals surface area contributed by atoms with Crippen LogP contribution in [0, 0.1) is 5.41 Å². The molecule has 1 aromatic heterocycles. The van der Waals surface area contributed by atoms with Crippen LogP contribution in [0.2, 0.25) is 0 Å². The Kier molecular flexibility index (Phi) is 4.98. The number of rotatable bonds is 3. The van der Waals surface area contributed by atoms with Gasteiger partial charge >= 0.3 is 0 Å². The van der Waals surface area contributed by atoms with Gasteiger partial charge in [0, 0.05) is 31.9 Å². The number of amides is 1. The largest absolute Gasteiger partial charge is 0.340 e. The Morgan fingerprint density at radius 2 is 2.21 bits per heavy atom. The quantitative estimate of drug-likeness (QED) is 0.913. The summed E-state index contributed by atoms with van der Waals surface area (Å²) < 4.78 is 1.72. The molecule has 108 valence electrons. The average molecular weight is 287 g/mol. The third kappa shape index (κ3) is 3.48. The molecule has 0 radical (unpaired) electrons. The minimum atomic E-state index is -0.285. The lowest BCUT2D eigenvalue weighted by atomic mass is 9.93. The van der Waals surface area contributed by atoms with Crippen LogP contribution in [0.25, 0.3) is 0 Å². The molecule has 0 saturated carbocycles. The summed E-state index contributed by atoms with van der Waals surface area (Å²) in [5.41, 5.74) is 1.16. The van der Waals surface area contributed by atoms with Crippen LogP contribution in [-0.2, 0) is 11.8 Å². The van der Waals surface area contributed by atoms with Gasteiger partial charge in [0.2, 0.25) is 5.91 Å². The third-order valence-electron chi connectivity index (χ3n) is 3.58. The number of carbonyl (C=O) groups is 1. The number of carbonyl (C=O) groups excluding carboxylic acids is 1. The summed E-state index contributed by atoms with van der Waals surface area (Å²) in [4.78, 5) is 14.5. The molecule has 1 aliphatic heterocycles. The second-order valence-electron chi connectivity index (χ2n) is 5.84. The highest BCUT2D eigenvalue weighted by Gasteiger charge is 2.35. The highest BCUT2D eigenvalue weighted by molar-refractivity contribution is 5.85. The molecule has 5 nitrogen and oxygen atoms in total. The van der Waals surface area contributed by atoms with Crippen molar-refractivity contribution in [3.63, 3.8) is 0 Å². The zero-order chi connectivity index (χ0) is 13.3. The number of aromatic nitrogens is 2. The van der Waals surface area contributed by atoms with Crippen molar-refractivity contribution in [3.05, 3.63) is 18.0 Å². The van der Waals surface area contributed by atoms with Crippen molar-refractivity contribution in [1.82, 2.24) is 20.0 Å². The average Bonchev–Trinajstić information content (AvgIpc) is 2.86. The number of likely N-dealkylation sites (N-methyl/N-ethyl adjacent to an activating group) is 1. The minimum Gasteiger partial charge on any atom is -0.340 e. The molecule has 0 aromatic carbocycles. The zero-order valence-corrected chi connectivity index (χ0v) is 12.8. The number of hydrogen-bond donors (Lipinski definition) is 1. The van der Waals surface area contributed by atoms with E-state index in [4.69, 9.17) is 0 Å². The zero-order valence-electron chi connectivity index (χ0n) is 12.0. The van der Waals surface area contributed by atoms with Crippen LogP contribution in [0.4, 0.5) is 0 Å². The molecule has 0 aliphatic carbocycles. The van der Waals surface area contributed by atoms with Gasteiger partial charge in [0.25, 0.3) is 0 Å². The molecule has 1 aliphatic rings. The van der Waals surface area contributed by atoms with E-state index in [0.717, 1.165) is 25.1 Å². The molecule has 1 amide bonds. The highest BCUT2D eigenvalue weighted by atomic mass is 35.5. The van der Waals surface area contributed by atoms with Gasteiger partial charge in [0.05, 0.1) is 6.20 Å². The molecule has 1 fully saturated rings. The molecular weight excluding hydrogens is 264 g/mol. The summed E-state index contributed by atoms with van der Waals surface area (Å²) in [5.74, 6) is 0.149. The lowest BCUT2D eigenvalue weighted by Gasteiger charge is -2.24. The Labute approximate surface area is 120 Å². The first-order chi connectivity index (χ1) is 8.43. The van der Waals surface area contributed by atoms with Crippen molar-refractivity contribution in [2.24, 2.45) is 12.5 Å². The van der Waals surface area contributed by atoms with Gasteiger partial charge in [-0.05, 0) is 18.9 Å². The van der Waals surface area contributed by atoms with E-state index in [0.29, 0.717) is 0 Å². The third-order valence-corrected chi connectivity index (χ3v) is 3.58. The van der Waals surface area contributed by atoms with Gasteiger partial charge in [-0.25, -0.2) is 0 Å². The van der Waals surface area contributed by atoms with E-state index in [2.05, 4.69) is 24.3 Å². The van der Waals surface area contributed by atoms with E-state index < -0.39 is 0 Å². The van der Waals surface area contributed by atoms with E-state index in [1.807, 2.05) is 25.2 Å². The van der Waals surface area contributed by atoms with Crippen LogP contribution in [-0.4, -0.2) is 40.7 Å². The first-order valence-electron chi connectivity index (χ1n) is 6.37. The Balaban J connectivity index is 0.00000180. The summed E-state index contributed by atoms with van der Waals surface area (Å²) in [6.07, 6.45) is 4.71. The van der Waals surface area contributed by atoms with Crippen LogP contribution in [0.1, 0.15) is 31.9 Å². The van der Waals surface area contributed by atoms with Crippen LogP contribution >= 0.6 is 12.4 Å². The topological polar surface area (TPSA) is 50.2 Å². The van der Waals surface area contributed by atoms with E-state index in [1.54, 1.807) is 10.9 Å². The summed E-state index contributed by atoms with van der Waals surface area (Å²) in [7, 11) is 3.68. The molecule has 1 saturated heterocycles. The fourth-order valence-electron chi connectivity index (χ4n) is 2.51. The maximum absolute atomic E-state index is 12.5. The molecule has 1 aromatic rings. The van der Waals surface area contributed by atoms with Gasteiger partial charge < -0.3 is 10.2 Å². The number of nitrogens with one attached hydrogen (secondary N) is 1. The second-order valence-corrected chi connectivity index (χ2v) is 5.84. The Bertz CT molecular complexity index is 444. The van der Waals surface area contributed by atoms with Crippen LogP contribution in [0.15, 0.2) is 12.4 Å². The number of nitrogens with zero attached hydrogens (tertiary/aromatic N) is 3. The first kappa shape index (κ1) is 16.0. The Morgan fingerprint density at radius 3 is 2.63 bits per heavy atom. The van der Waals surface area contributed by atoms with Gasteiger partial charge in [0.15, 0.2) is 0 Å². The van der Waals surface area contributed by atoms with Crippen molar-refractivity contribution < 1.29 is 4.79 Å². The van der Waals surface area contributed by atoms with Gasteiger partial charge in [-0.15, -0.1) is 12.4 Å². The van der Waals surface area contributed by atoms with E-state index in [1.165, 1.54) is 0 Å². The van der Waals surface area contributed by atoms with Crippen molar-refractivity contribution in [3.8, 4) is 0 Å².